The van der Waals surface area contributed by atoms with Crippen LogP contribution in [0.5, 0.6) is 0 Å². The number of anilines is 1. The number of alkyl halides is 3. The number of amides is 1. The lowest BCUT2D eigenvalue weighted by Crippen LogP contribution is -2.27. The minimum absolute atomic E-state index is 0.00589. The number of carbonyl (C=O) groups is 2. The standard InChI is InChI=1S/C14H16F3NO4/c1-7-9(11(19)20)5-8(14(15,16)17)6-10(7)18-12(21)22-13(2,3)4/h5-6H,1-4H3,(H,18,21)(H,19,20). The van der Waals surface area contributed by atoms with Crippen LogP contribution in [0.15, 0.2) is 12.1 Å². The van der Waals surface area contributed by atoms with Gasteiger partial charge in [-0.05, 0) is 45.4 Å². The highest BCUT2D eigenvalue weighted by Crippen LogP contribution is 2.34. The van der Waals surface area contributed by atoms with E-state index in [4.69, 9.17) is 9.84 Å². The molecule has 1 amide bonds. The van der Waals surface area contributed by atoms with Crippen LogP contribution in [0, 0.1) is 6.92 Å². The van der Waals surface area contributed by atoms with Gasteiger partial charge in [0, 0.05) is 5.69 Å². The predicted octanol–water partition coefficient (Wildman–Crippen LogP) is 4.06. The molecule has 2 N–H and O–H groups in total. The largest absolute Gasteiger partial charge is 0.478 e. The Morgan fingerprint density at radius 2 is 1.73 bits per heavy atom. The summed E-state index contributed by atoms with van der Waals surface area (Å²) in [5.41, 5.74) is -2.80. The minimum Gasteiger partial charge on any atom is -0.478 e. The zero-order valence-electron chi connectivity index (χ0n) is 12.5. The van der Waals surface area contributed by atoms with Gasteiger partial charge in [0.25, 0.3) is 0 Å². The number of rotatable bonds is 2. The number of carboxylic acid groups (broad SMARTS) is 1. The SMILES string of the molecule is Cc1c(NC(=O)OC(C)(C)C)cc(C(F)(F)F)cc1C(=O)O. The maximum atomic E-state index is 12.8. The van der Waals surface area contributed by atoms with Gasteiger partial charge in [-0.2, -0.15) is 13.2 Å². The zero-order valence-corrected chi connectivity index (χ0v) is 12.5. The summed E-state index contributed by atoms with van der Waals surface area (Å²) in [5.74, 6) is -1.52. The van der Waals surface area contributed by atoms with Gasteiger partial charge < -0.3 is 9.84 Å². The molecule has 1 rings (SSSR count). The molecule has 22 heavy (non-hydrogen) atoms. The van der Waals surface area contributed by atoms with Crippen molar-refractivity contribution in [2.24, 2.45) is 0 Å². The Morgan fingerprint density at radius 3 is 2.14 bits per heavy atom. The summed E-state index contributed by atoms with van der Waals surface area (Å²) < 4.78 is 43.4. The maximum absolute atomic E-state index is 12.8. The van der Waals surface area contributed by atoms with Crippen molar-refractivity contribution < 1.29 is 32.6 Å². The first kappa shape index (κ1) is 17.8. The van der Waals surface area contributed by atoms with Gasteiger partial charge in [0.15, 0.2) is 0 Å². The third-order valence-electron chi connectivity index (χ3n) is 2.60. The van der Waals surface area contributed by atoms with Gasteiger partial charge >= 0.3 is 18.2 Å². The normalized spacial score (nSPS) is 12.0. The molecule has 0 fully saturated rings. The molecule has 1 aromatic rings. The molecule has 8 heteroatoms. The molecule has 0 bridgehead atoms. The van der Waals surface area contributed by atoms with Crippen molar-refractivity contribution in [3.63, 3.8) is 0 Å². The molecule has 0 spiro atoms. The van der Waals surface area contributed by atoms with Gasteiger partial charge in [-0.15, -0.1) is 0 Å². The molecule has 0 aliphatic carbocycles. The summed E-state index contributed by atoms with van der Waals surface area (Å²) >= 11 is 0. The predicted molar refractivity (Wildman–Crippen MR) is 73.0 cm³/mol. The molecular formula is C14H16F3NO4. The van der Waals surface area contributed by atoms with Crippen molar-refractivity contribution in [3.05, 3.63) is 28.8 Å². The minimum atomic E-state index is -4.73. The third kappa shape index (κ3) is 4.64. The number of ether oxygens (including phenoxy) is 1. The van der Waals surface area contributed by atoms with Crippen LogP contribution in [-0.2, 0) is 10.9 Å². The van der Waals surface area contributed by atoms with E-state index in [0.717, 1.165) is 0 Å². The van der Waals surface area contributed by atoms with Gasteiger partial charge in [-0.25, -0.2) is 9.59 Å². The van der Waals surface area contributed by atoms with Crippen molar-refractivity contribution >= 4 is 17.7 Å². The molecule has 0 aliphatic rings. The van der Waals surface area contributed by atoms with Gasteiger partial charge in [-0.1, -0.05) is 0 Å². The highest BCUT2D eigenvalue weighted by atomic mass is 19.4. The van der Waals surface area contributed by atoms with E-state index in [1.165, 1.54) is 6.92 Å². The van der Waals surface area contributed by atoms with Crippen LogP contribution in [0.3, 0.4) is 0 Å². The number of halogens is 3. The van der Waals surface area contributed by atoms with Crippen molar-refractivity contribution in [2.75, 3.05) is 5.32 Å². The van der Waals surface area contributed by atoms with E-state index in [1.807, 2.05) is 0 Å². The number of aromatic carboxylic acids is 1. The molecular weight excluding hydrogens is 303 g/mol. The lowest BCUT2D eigenvalue weighted by atomic mass is 10.0. The van der Waals surface area contributed by atoms with E-state index in [1.54, 1.807) is 20.8 Å². The first-order valence-corrected chi connectivity index (χ1v) is 6.26. The first-order chi connectivity index (χ1) is 9.81. The van der Waals surface area contributed by atoms with E-state index in [2.05, 4.69) is 5.32 Å². The van der Waals surface area contributed by atoms with Crippen LogP contribution in [-0.4, -0.2) is 22.8 Å². The summed E-state index contributed by atoms with van der Waals surface area (Å²) in [4.78, 5) is 22.7. The van der Waals surface area contributed by atoms with Crippen molar-refractivity contribution in [3.8, 4) is 0 Å². The van der Waals surface area contributed by atoms with E-state index in [-0.39, 0.29) is 11.3 Å². The Balaban J connectivity index is 3.26. The lowest BCUT2D eigenvalue weighted by Gasteiger charge is -2.21. The number of carboxylic acids is 1. The second-order valence-electron chi connectivity index (χ2n) is 5.63. The molecule has 0 saturated heterocycles. The summed E-state index contributed by atoms with van der Waals surface area (Å²) in [6, 6.07) is 1.20. The van der Waals surface area contributed by atoms with E-state index in [9.17, 15) is 22.8 Å². The van der Waals surface area contributed by atoms with Crippen LogP contribution in [0.4, 0.5) is 23.7 Å². The number of carbonyl (C=O) groups excluding carboxylic acids is 1. The Hall–Kier alpha value is -2.25. The van der Waals surface area contributed by atoms with Gasteiger partial charge in [-0.3, -0.25) is 5.32 Å². The highest BCUT2D eigenvalue weighted by molar-refractivity contribution is 5.94. The van der Waals surface area contributed by atoms with E-state index >= 15 is 0 Å². The molecule has 0 saturated carbocycles. The molecule has 0 radical (unpaired) electrons. The third-order valence-corrected chi connectivity index (χ3v) is 2.60. The Bertz CT molecular complexity index is 603. The smallest absolute Gasteiger partial charge is 0.416 e. The second-order valence-corrected chi connectivity index (χ2v) is 5.63. The fraction of sp³-hybridized carbons (Fsp3) is 0.429. The molecule has 1 aromatic carbocycles. The summed E-state index contributed by atoms with van der Waals surface area (Å²) in [6.45, 7) is 6.08. The summed E-state index contributed by atoms with van der Waals surface area (Å²) in [6.07, 6.45) is -5.70. The Kier molecular flexibility index (Phi) is 4.74. The molecule has 5 nitrogen and oxygen atoms in total. The monoisotopic (exact) mass is 319 g/mol. The average molecular weight is 319 g/mol. The number of hydrogen-bond acceptors (Lipinski definition) is 3. The molecule has 122 valence electrons. The molecule has 0 unspecified atom stereocenters. The number of nitrogens with one attached hydrogen (secondary N) is 1. The van der Waals surface area contributed by atoms with E-state index in [0.29, 0.717) is 12.1 Å². The number of benzene rings is 1. The quantitative estimate of drug-likeness (QED) is 0.862. The van der Waals surface area contributed by atoms with Crippen LogP contribution < -0.4 is 5.32 Å². The summed E-state index contributed by atoms with van der Waals surface area (Å²) in [7, 11) is 0. The van der Waals surface area contributed by atoms with Gasteiger partial charge in [0.2, 0.25) is 0 Å². The summed E-state index contributed by atoms with van der Waals surface area (Å²) in [5, 5.41) is 11.1. The molecule has 0 aliphatic heterocycles. The van der Waals surface area contributed by atoms with Gasteiger partial charge in [0.1, 0.15) is 5.60 Å². The molecule has 0 heterocycles. The van der Waals surface area contributed by atoms with Crippen molar-refractivity contribution in [2.45, 2.75) is 39.5 Å². The maximum Gasteiger partial charge on any atom is 0.416 e. The molecule has 0 atom stereocenters. The van der Waals surface area contributed by atoms with Crippen molar-refractivity contribution in [1.29, 1.82) is 0 Å². The lowest BCUT2D eigenvalue weighted by molar-refractivity contribution is -0.137. The average Bonchev–Trinajstić information content (AvgIpc) is 2.27. The van der Waals surface area contributed by atoms with Crippen LogP contribution >= 0.6 is 0 Å². The van der Waals surface area contributed by atoms with Crippen molar-refractivity contribution in [1.82, 2.24) is 0 Å². The Morgan fingerprint density at radius 1 is 1.18 bits per heavy atom. The van der Waals surface area contributed by atoms with Crippen LogP contribution in [0.25, 0.3) is 0 Å². The van der Waals surface area contributed by atoms with Crippen LogP contribution in [0.2, 0.25) is 0 Å². The fourth-order valence-electron chi connectivity index (χ4n) is 1.64. The first-order valence-electron chi connectivity index (χ1n) is 6.26. The zero-order chi connectivity index (χ0) is 17.3. The number of hydrogen-bond donors (Lipinski definition) is 2. The highest BCUT2D eigenvalue weighted by Gasteiger charge is 2.33. The second kappa shape index (κ2) is 5.86. The topological polar surface area (TPSA) is 75.6 Å². The fourth-order valence-corrected chi connectivity index (χ4v) is 1.64. The van der Waals surface area contributed by atoms with Crippen LogP contribution in [0.1, 0.15) is 42.3 Å². The van der Waals surface area contributed by atoms with E-state index < -0.39 is 35.0 Å². The van der Waals surface area contributed by atoms with Gasteiger partial charge in [0.05, 0.1) is 11.1 Å². The Labute approximate surface area is 125 Å². The molecule has 0 aromatic heterocycles.